The van der Waals surface area contributed by atoms with Gasteiger partial charge in [-0.3, -0.25) is 4.79 Å². The molecule has 0 aliphatic heterocycles. The molecule has 0 bridgehead atoms. The minimum absolute atomic E-state index is 0.123. The number of nitrogens with zero attached hydrogens (tertiary/aromatic N) is 2. The summed E-state index contributed by atoms with van der Waals surface area (Å²) in [6.45, 7) is 4.05. The third-order valence-corrected chi connectivity index (χ3v) is 6.86. The van der Waals surface area contributed by atoms with Crippen molar-refractivity contribution >= 4 is 39.1 Å². The number of hydrogen-bond donors (Lipinski definition) is 0. The summed E-state index contributed by atoms with van der Waals surface area (Å²) < 4.78 is 0. The van der Waals surface area contributed by atoms with Crippen LogP contribution in [-0.4, -0.2) is 21.0 Å². The average Bonchev–Trinajstić information content (AvgIpc) is 3.19. The van der Waals surface area contributed by atoms with Crippen molar-refractivity contribution in [3.63, 3.8) is 0 Å². The second-order valence-corrected chi connectivity index (χ2v) is 8.91. The highest BCUT2D eigenvalue weighted by atomic mass is 32.2. The molecule has 2 aromatic heterocycles. The highest BCUT2D eigenvalue weighted by Crippen LogP contribution is 2.37. The Morgan fingerprint density at radius 1 is 1.07 bits per heavy atom. The van der Waals surface area contributed by atoms with Gasteiger partial charge in [-0.1, -0.05) is 73.3 Å². The summed E-state index contributed by atoms with van der Waals surface area (Å²) in [5, 5.41) is 1.65. The van der Waals surface area contributed by atoms with Crippen LogP contribution < -0.4 is 0 Å². The van der Waals surface area contributed by atoms with Crippen molar-refractivity contribution in [2.45, 2.75) is 30.5 Å². The molecule has 5 heteroatoms. The van der Waals surface area contributed by atoms with Crippen LogP contribution in [0.1, 0.15) is 29.8 Å². The lowest BCUT2D eigenvalue weighted by molar-refractivity contribution is 0.0994. The molecule has 0 saturated carbocycles. The quantitative estimate of drug-likeness (QED) is 0.215. The maximum Gasteiger partial charge on any atom is 0.175 e. The summed E-state index contributed by atoms with van der Waals surface area (Å²) in [5.74, 6) is 0.123. The van der Waals surface area contributed by atoms with Gasteiger partial charge in [-0.15, -0.1) is 11.3 Å². The summed E-state index contributed by atoms with van der Waals surface area (Å²) in [6.07, 6.45) is 2.56. The number of ketones is 1. The molecule has 1 atom stereocenters. The van der Waals surface area contributed by atoms with E-state index in [4.69, 9.17) is 0 Å². The van der Waals surface area contributed by atoms with Gasteiger partial charge < -0.3 is 0 Å². The molecular weight excluding hydrogens is 384 g/mol. The zero-order chi connectivity index (χ0) is 19.5. The summed E-state index contributed by atoms with van der Waals surface area (Å²) in [6, 6.07) is 20.3. The first-order chi connectivity index (χ1) is 13.7. The van der Waals surface area contributed by atoms with Crippen molar-refractivity contribution < 1.29 is 4.79 Å². The lowest BCUT2D eigenvalue weighted by Gasteiger charge is -2.10. The Morgan fingerprint density at radius 3 is 2.54 bits per heavy atom. The predicted molar refractivity (Wildman–Crippen MR) is 118 cm³/mol. The van der Waals surface area contributed by atoms with E-state index in [0.29, 0.717) is 0 Å². The number of aryl methyl sites for hydroxylation is 1. The monoisotopic (exact) mass is 404 g/mol. The normalized spacial score (nSPS) is 12.2. The van der Waals surface area contributed by atoms with Crippen molar-refractivity contribution in [2.75, 3.05) is 0 Å². The Bertz CT molecular complexity index is 1100. The molecule has 28 heavy (non-hydrogen) atoms. The third kappa shape index (κ3) is 3.86. The van der Waals surface area contributed by atoms with Crippen LogP contribution >= 0.6 is 23.1 Å². The Hall–Kier alpha value is -2.50. The Balaban J connectivity index is 1.60. The molecule has 0 fully saturated rings. The molecule has 4 aromatic rings. The lowest BCUT2D eigenvalue weighted by Crippen LogP contribution is -2.13. The van der Waals surface area contributed by atoms with Crippen molar-refractivity contribution in [3.8, 4) is 10.4 Å². The number of thioether (sulfide) groups is 1. The van der Waals surface area contributed by atoms with Crippen LogP contribution in [0.4, 0.5) is 0 Å². The smallest absolute Gasteiger partial charge is 0.175 e. The molecule has 0 amide bonds. The van der Waals surface area contributed by atoms with Crippen molar-refractivity contribution in [2.24, 2.45) is 0 Å². The van der Waals surface area contributed by atoms with Crippen molar-refractivity contribution in [1.82, 2.24) is 9.97 Å². The van der Waals surface area contributed by atoms with Crippen LogP contribution in [0.25, 0.3) is 20.7 Å². The van der Waals surface area contributed by atoms with E-state index < -0.39 is 0 Å². The first-order valence-electron chi connectivity index (χ1n) is 9.25. The van der Waals surface area contributed by atoms with Gasteiger partial charge in [-0.2, -0.15) is 0 Å². The number of fused-ring (bicyclic) bond motifs is 1. The molecule has 0 radical (unpaired) electrons. The molecule has 0 N–H and O–H groups in total. The first-order valence-corrected chi connectivity index (χ1v) is 10.9. The van der Waals surface area contributed by atoms with E-state index in [1.807, 2.05) is 49.4 Å². The standard InChI is InChI=1S/C23H20N2OS2/c1-3-16-9-11-18(12-10-16)21(26)15(2)27-22-19-13-20(17-7-5-4-6-8-17)28-23(19)25-14-24-22/h4-15H,3H2,1-2H3/t15-/m1/s1. The van der Waals surface area contributed by atoms with E-state index >= 15 is 0 Å². The zero-order valence-electron chi connectivity index (χ0n) is 15.8. The molecule has 2 heterocycles. The SMILES string of the molecule is CCc1ccc(C(=O)[C@@H](C)Sc2ncnc3sc(-c4ccccc4)cc23)cc1. The van der Waals surface area contributed by atoms with Gasteiger partial charge in [-0.05, 0) is 30.5 Å². The van der Waals surface area contributed by atoms with Crippen LogP contribution in [-0.2, 0) is 6.42 Å². The molecule has 4 rings (SSSR count). The third-order valence-electron chi connectivity index (χ3n) is 4.66. The topological polar surface area (TPSA) is 42.9 Å². The van der Waals surface area contributed by atoms with Crippen LogP contribution in [0.3, 0.4) is 0 Å². The van der Waals surface area contributed by atoms with Crippen LogP contribution in [0.15, 0.2) is 72.0 Å². The van der Waals surface area contributed by atoms with Gasteiger partial charge in [0.15, 0.2) is 5.78 Å². The van der Waals surface area contributed by atoms with Gasteiger partial charge in [0.2, 0.25) is 0 Å². The molecular formula is C23H20N2OS2. The Morgan fingerprint density at radius 2 is 1.82 bits per heavy atom. The molecule has 3 nitrogen and oxygen atoms in total. The summed E-state index contributed by atoms with van der Waals surface area (Å²) in [5.41, 5.74) is 3.15. The number of rotatable bonds is 6. The molecule has 0 spiro atoms. The van der Waals surface area contributed by atoms with E-state index in [9.17, 15) is 4.79 Å². The Kier molecular flexibility index (Phi) is 5.55. The van der Waals surface area contributed by atoms with Gasteiger partial charge in [0.1, 0.15) is 16.2 Å². The molecule has 0 aliphatic carbocycles. The minimum atomic E-state index is -0.217. The maximum absolute atomic E-state index is 12.8. The fourth-order valence-electron chi connectivity index (χ4n) is 3.03. The first kappa shape index (κ1) is 18.8. The molecule has 0 saturated heterocycles. The number of aromatic nitrogens is 2. The van der Waals surface area contributed by atoms with E-state index in [1.165, 1.54) is 22.9 Å². The van der Waals surface area contributed by atoms with E-state index in [0.717, 1.165) is 32.1 Å². The fourth-order valence-corrected chi connectivity index (χ4v) is 5.07. The second kappa shape index (κ2) is 8.25. The van der Waals surface area contributed by atoms with Crippen LogP contribution in [0, 0.1) is 0 Å². The molecule has 0 aliphatic rings. The van der Waals surface area contributed by atoms with E-state index in [1.54, 1.807) is 17.7 Å². The highest BCUT2D eigenvalue weighted by Gasteiger charge is 2.19. The number of benzene rings is 2. The summed E-state index contributed by atoms with van der Waals surface area (Å²) in [4.78, 5) is 23.8. The van der Waals surface area contributed by atoms with E-state index in [2.05, 4.69) is 35.1 Å². The zero-order valence-corrected chi connectivity index (χ0v) is 17.4. The van der Waals surface area contributed by atoms with Crippen molar-refractivity contribution in [1.29, 1.82) is 0 Å². The van der Waals surface area contributed by atoms with E-state index in [-0.39, 0.29) is 11.0 Å². The van der Waals surface area contributed by atoms with Gasteiger partial charge in [0, 0.05) is 15.8 Å². The highest BCUT2D eigenvalue weighted by molar-refractivity contribution is 8.00. The predicted octanol–water partition coefficient (Wildman–Crippen LogP) is 6.28. The Labute approximate surface area is 172 Å². The molecule has 0 unspecified atom stereocenters. The summed E-state index contributed by atoms with van der Waals surface area (Å²) >= 11 is 3.15. The number of carbonyl (C=O) groups excluding carboxylic acids is 1. The minimum Gasteiger partial charge on any atom is -0.293 e. The summed E-state index contributed by atoms with van der Waals surface area (Å²) in [7, 11) is 0. The molecule has 2 aromatic carbocycles. The fraction of sp³-hybridized carbons (Fsp3) is 0.174. The van der Waals surface area contributed by atoms with Crippen LogP contribution in [0.2, 0.25) is 0 Å². The number of thiophene rings is 1. The van der Waals surface area contributed by atoms with Gasteiger partial charge in [0.25, 0.3) is 0 Å². The number of Topliss-reactive ketones (excluding diaryl/α,β-unsaturated/α-hetero) is 1. The van der Waals surface area contributed by atoms with Crippen molar-refractivity contribution in [3.05, 3.63) is 78.1 Å². The average molecular weight is 405 g/mol. The van der Waals surface area contributed by atoms with Gasteiger partial charge in [-0.25, -0.2) is 9.97 Å². The lowest BCUT2D eigenvalue weighted by atomic mass is 10.1. The second-order valence-electron chi connectivity index (χ2n) is 6.55. The van der Waals surface area contributed by atoms with Gasteiger partial charge >= 0.3 is 0 Å². The number of hydrogen-bond acceptors (Lipinski definition) is 5. The van der Waals surface area contributed by atoms with Gasteiger partial charge in [0.05, 0.1) is 5.25 Å². The largest absolute Gasteiger partial charge is 0.293 e. The maximum atomic E-state index is 12.8. The van der Waals surface area contributed by atoms with Crippen LogP contribution in [0.5, 0.6) is 0 Å². The molecule has 140 valence electrons. The number of carbonyl (C=O) groups is 1.